The molecule has 0 heterocycles. The van der Waals surface area contributed by atoms with Crippen LogP contribution in [0.15, 0.2) is 0 Å². The Morgan fingerprint density at radius 2 is 1.78 bits per heavy atom. The van der Waals surface area contributed by atoms with Crippen LogP contribution >= 0.6 is 0 Å². The van der Waals surface area contributed by atoms with Crippen LogP contribution in [-0.4, -0.2) is 62.5 Å². The number of carboxylic acids is 1. The number of carboxylic acid groups (broad SMARTS) is 1. The SMILES string of the molecule is CC(=O)[C@@](CC(=O)[O-])(C[N+](C)(C)C)OS(=O)(=O)O. The number of nitrogens with zero attached hydrogens (tertiary/aromatic N) is 1. The van der Waals surface area contributed by atoms with Gasteiger partial charge >= 0.3 is 10.4 Å². The van der Waals surface area contributed by atoms with Crippen LogP contribution in [0.25, 0.3) is 0 Å². The normalized spacial score (nSPS) is 16.1. The van der Waals surface area contributed by atoms with E-state index in [4.69, 9.17) is 4.55 Å². The summed E-state index contributed by atoms with van der Waals surface area (Å²) in [5.41, 5.74) is -2.18. The molecule has 106 valence electrons. The molecule has 0 spiro atoms. The van der Waals surface area contributed by atoms with Crippen molar-refractivity contribution >= 4 is 22.2 Å². The lowest BCUT2D eigenvalue weighted by Crippen LogP contribution is -2.57. The van der Waals surface area contributed by atoms with E-state index >= 15 is 0 Å². The molecule has 0 saturated heterocycles. The molecule has 0 amide bonds. The van der Waals surface area contributed by atoms with E-state index in [1.807, 2.05) is 0 Å². The first kappa shape index (κ1) is 17.0. The maximum absolute atomic E-state index is 11.6. The Morgan fingerprint density at radius 1 is 1.33 bits per heavy atom. The van der Waals surface area contributed by atoms with Crippen LogP contribution in [0.4, 0.5) is 0 Å². The first-order valence-corrected chi connectivity index (χ1v) is 6.33. The van der Waals surface area contributed by atoms with E-state index in [0.29, 0.717) is 0 Å². The summed E-state index contributed by atoms with van der Waals surface area (Å²) in [7, 11) is -0.132. The third-order valence-corrected chi connectivity index (χ3v) is 2.60. The number of hydrogen-bond donors (Lipinski definition) is 1. The summed E-state index contributed by atoms with van der Waals surface area (Å²) in [6.45, 7) is 0.736. The molecule has 18 heavy (non-hydrogen) atoms. The highest BCUT2D eigenvalue weighted by atomic mass is 32.3. The maximum atomic E-state index is 11.6. The quantitative estimate of drug-likeness (QED) is 0.423. The first-order chi connectivity index (χ1) is 7.77. The van der Waals surface area contributed by atoms with E-state index in [1.165, 1.54) is 0 Å². The minimum absolute atomic E-state index is 0.0579. The molecule has 0 radical (unpaired) electrons. The van der Waals surface area contributed by atoms with Crippen molar-refractivity contribution < 1.29 is 36.3 Å². The van der Waals surface area contributed by atoms with Gasteiger partial charge in [0.15, 0.2) is 5.78 Å². The van der Waals surface area contributed by atoms with Gasteiger partial charge in [-0.1, -0.05) is 0 Å². The molecule has 0 saturated carbocycles. The summed E-state index contributed by atoms with van der Waals surface area (Å²) >= 11 is 0. The van der Waals surface area contributed by atoms with E-state index in [9.17, 15) is 23.1 Å². The Bertz CT molecular complexity index is 436. The second-order valence-corrected chi connectivity index (χ2v) is 6.08. The largest absolute Gasteiger partial charge is 0.550 e. The minimum Gasteiger partial charge on any atom is -0.550 e. The molecule has 0 aromatic heterocycles. The van der Waals surface area contributed by atoms with Crippen LogP contribution in [0.1, 0.15) is 13.3 Å². The topological polar surface area (TPSA) is 121 Å². The highest BCUT2D eigenvalue weighted by molar-refractivity contribution is 7.81. The van der Waals surface area contributed by atoms with Gasteiger partial charge in [0.25, 0.3) is 0 Å². The highest BCUT2D eigenvalue weighted by Crippen LogP contribution is 2.23. The molecule has 8 nitrogen and oxygen atoms in total. The maximum Gasteiger partial charge on any atom is 0.398 e. The molecule has 0 aliphatic heterocycles. The van der Waals surface area contributed by atoms with Crippen molar-refractivity contribution in [3.05, 3.63) is 0 Å². The number of aliphatic carboxylic acids is 1. The van der Waals surface area contributed by atoms with E-state index in [0.717, 1.165) is 6.92 Å². The van der Waals surface area contributed by atoms with Crippen LogP contribution in [-0.2, 0) is 24.2 Å². The number of rotatable bonds is 7. The van der Waals surface area contributed by atoms with Crippen molar-refractivity contribution in [3.63, 3.8) is 0 Å². The Kier molecular flexibility index (Phi) is 5.00. The average Bonchev–Trinajstić information content (AvgIpc) is 1.93. The molecule has 9 heteroatoms. The van der Waals surface area contributed by atoms with Gasteiger partial charge in [0, 0.05) is 12.4 Å². The summed E-state index contributed by atoms with van der Waals surface area (Å²) in [5, 5.41) is 10.7. The number of Topliss-reactive ketones (excluding diaryl/α,β-unsaturated/α-hetero) is 1. The fourth-order valence-corrected chi connectivity index (χ4v) is 2.24. The van der Waals surface area contributed by atoms with Crippen LogP contribution in [0.3, 0.4) is 0 Å². The molecular formula is C9H17NO7S. The summed E-state index contributed by atoms with van der Waals surface area (Å²) in [6, 6.07) is 0. The standard InChI is InChI=1S/C9H17NO7S/c1-7(11)9(5-8(12)13,6-10(2,3)4)17-18(14,15)16/h5-6H2,1-4H3,(H-,12,13,14,15,16)/t9-/m1/s1. The lowest BCUT2D eigenvalue weighted by Gasteiger charge is -2.36. The monoisotopic (exact) mass is 283 g/mol. The predicted octanol–water partition coefficient (Wildman–Crippen LogP) is -2.02. The van der Waals surface area contributed by atoms with Crippen molar-refractivity contribution in [3.8, 4) is 0 Å². The van der Waals surface area contributed by atoms with Gasteiger partial charge in [-0.2, -0.15) is 8.42 Å². The van der Waals surface area contributed by atoms with Gasteiger partial charge < -0.3 is 14.4 Å². The van der Waals surface area contributed by atoms with Crippen LogP contribution in [0, 0.1) is 0 Å². The first-order valence-electron chi connectivity index (χ1n) is 4.97. The highest BCUT2D eigenvalue weighted by Gasteiger charge is 2.45. The average molecular weight is 283 g/mol. The van der Waals surface area contributed by atoms with Crippen molar-refractivity contribution in [2.45, 2.75) is 18.9 Å². The number of ketones is 1. The Morgan fingerprint density at radius 3 is 2.00 bits per heavy atom. The molecule has 0 fully saturated rings. The van der Waals surface area contributed by atoms with Crippen molar-refractivity contribution in [2.24, 2.45) is 0 Å². The van der Waals surface area contributed by atoms with Crippen molar-refractivity contribution in [1.82, 2.24) is 0 Å². The van der Waals surface area contributed by atoms with Gasteiger partial charge in [-0.15, -0.1) is 0 Å². The van der Waals surface area contributed by atoms with E-state index in [2.05, 4.69) is 4.18 Å². The zero-order valence-electron chi connectivity index (χ0n) is 10.7. The molecule has 0 rings (SSSR count). The molecule has 0 aliphatic rings. The summed E-state index contributed by atoms with van der Waals surface area (Å²) in [5.74, 6) is -2.47. The molecule has 0 aliphatic carbocycles. The minimum atomic E-state index is -4.97. The third-order valence-electron chi connectivity index (χ3n) is 2.07. The number of likely N-dealkylation sites (N-methyl/N-ethyl adjacent to an activating group) is 1. The number of carbonyl (C=O) groups is 2. The van der Waals surface area contributed by atoms with Gasteiger partial charge in [-0.3, -0.25) is 9.35 Å². The Hall–Kier alpha value is -1.03. The smallest absolute Gasteiger partial charge is 0.398 e. The fraction of sp³-hybridized carbons (Fsp3) is 0.778. The second-order valence-electron chi connectivity index (χ2n) is 5.06. The van der Waals surface area contributed by atoms with Crippen LogP contribution < -0.4 is 5.11 Å². The predicted molar refractivity (Wildman–Crippen MR) is 58.6 cm³/mol. The molecule has 0 bridgehead atoms. The summed E-state index contributed by atoms with van der Waals surface area (Å²) in [4.78, 5) is 22.2. The zero-order valence-corrected chi connectivity index (χ0v) is 11.5. The summed E-state index contributed by atoms with van der Waals surface area (Å²) in [6.07, 6.45) is -0.961. The Balaban J connectivity index is 5.57. The summed E-state index contributed by atoms with van der Waals surface area (Å²) < 4.78 is 34.6. The van der Waals surface area contributed by atoms with Gasteiger partial charge in [0.1, 0.15) is 6.54 Å². The number of carbonyl (C=O) groups excluding carboxylic acids is 2. The zero-order chi connectivity index (χ0) is 14.8. The number of hydrogen-bond acceptors (Lipinski definition) is 6. The molecule has 0 aromatic rings. The molecule has 0 aromatic carbocycles. The van der Waals surface area contributed by atoms with Crippen LogP contribution in [0.5, 0.6) is 0 Å². The second kappa shape index (κ2) is 5.31. The van der Waals surface area contributed by atoms with E-state index < -0.39 is 34.2 Å². The number of quaternary nitrogens is 1. The van der Waals surface area contributed by atoms with Gasteiger partial charge in [0.05, 0.1) is 21.1 Å². The van der Waals surface area contributed by atoms with Crippen molar-refractivity contribution in [1.29, 1.82) is 0 Å². The van der Waals surface area contributed by atoms with Gasteiger partial charge in [-0.25, -0.2) is 4.18 Å². The lowest BCUT2D eigenvalue weighted by atomic mass is 9.94. The van der Waals surface area contributed by atoms with Gasteiger partial charge in [-0.05, 0) is 6.92 Å². The Labute approximate surface area is 106 Å². The third kappa shape index (κ3) is 6.05. The van der Waals surface area contributed by atoms with Gasteiger partial charge in [0.2, 0.25) is 5.60 Å². The molecule has 1 atom stereocenters. The molecular weight excluding hydrogens is 266 g/mol. The lowest BCUT2D eigenvalue weighted by molar-refractivity contribution is -0.875. The van der Waals surface area contributed by atoms with E-state index in [1.54, 1.807) is 21.1 Å². The molecule has 1 N–H and O–H groups in total. The van der Waals surface area contributed by atoms with E-state index in [-0.39, 0.29) is 11.0 Å². The van der Waals surface area contributed by atoms with Crippen molar-refractivity contribution in [2.75, 3.05) is 27.7 Å². The fourth-order valence-electron chi connectivity index (χ4n) is 1.61. The molecule has 0 unspecified atom stereocenters. The van der Waals surface area contributed by atoms with Crippen LogP contribution in [0.2, 0.25) is 0 Å².